The molecule has 1 aliphatic carbocycles. The molecule has 0 atom stereocenters. The summed E-state index contributed by atoms with van der Waals surface area (Å²) in [5.41, 5.74) is 3.81. The van der Waals surface area contributed by atoms with Crippen LogP contribution in [0.15, 0.2) is 42.1 Å². The third kappa shape index (κ3) is 4.34. The third-order valence-electron chi connectivity index (χ3n) is 5.39. The summed E-state index contributed by atoms with van der Waals surface area (Å²) >= 11 is 0. The Kier molecular flexibility index (Phi) is 5.13. The number of anilines is 1. The predicted molar refractivity (Wildman–Crippen MR) is 120 cm³/mol. The van der Waals surface area contributed by atoms with E-state index < -0.39 is 0 Å². The normalized spacial score (nSPS) is 17.4. The van der Waals surface area contributed by atoms with E-state index in [4.69, 9.17) is 9.72 Å². The van der Waals surface area contributed by atoms with Crippen molar-refractivity contribution in [3.8, 4) is 5.75 Å². The second kappa shape index (κ2) is 8.11. The fraction of sp³-hybridized carbons (Fsp3) is 0.333. The van der Waals surface area contributed by atoms with E-state index in [0.29, 0.717) is 29.2 Å². The number of carbonyl (C=O) groups excluding carboxylic acids is 2. The molecule has 1 saturated carbocycles. The third-order valence-corrected chi connectivity index (χ3v) is 5.39. The second-order valence-corrected chi connectivity index (χ2v) is 8.60. The SMILES string of the molecule is CC(C)Oc1ccc(Cc2cc(NC3CC3)n3ncc(/C=C4\CC(=O)NC4=O)c3n2)cc1. The first-order valence-corrected chi connectivity index (χ1v) is 10.9. The van der Waals surface area contributed by atoms with Gasteiger partial charge < -0.3 is 10.1 Å². The highest BCUT2D eigenvalue weighted by Gasteiger charge is 2.25. The Morgan fingerprint density at radius 1 is 1.25 bits per heavy atom. The molecule has 0 spiro atoms. The van der Waals surface area contributed by atoms with Gasteiger partial charge in [0, 0.05) is 29.7 Å². The monoisotopic (exact) mass is 431 g/mol. The summed E-state index contributed by atoms with van der Waals surface area (Å²) in [5.74, 6) is 1.08. The molecule has 8 nitrogen and oxygen atoms in total. The van der Waals surface area contributed by atoms with Gasteiger partial charge in [0.1, 0.15) is 11.6 Å². The van der Waals surface area contributed by atoms with E-state index >= 15 is 0 Å². The van der Waals surface area contributed by atoms with Gasteiger partial charge in [0.05, 0.1) is 24.4 Å². The number of ether oxygens (including phenoxy) is 1. The molecule has 2 amide bonds. The van der Waals surface area contributed by atoms with Crippen molar-refractivity contribution in [3.63, 3.8) is 0 Å². The second-order valence-electron chi connectivity index (χ2n) is 8.60. The van der Waals surface area contributed by atoms with Gasteiger partial charge in [-0.2, -0.15) is 9.61 Å². The highest BCUT2D eigenvalue weighted by Crippen LogP contribution is 2.27. The van der Waals surface area contributed by atoms with Gasteiger partial charge in [-0.15, -0.1) is 0 Å². The molecule has 0 radical (unpaired) electrons. The topological polar surface area (TPSA) is 97.6 Å². The molecule has 0 unspecified atom stereocenters. The van der Waals surface area contributed by atoms with Crippen LogP contribution < -0.4 is 15.4 Å². The zero-order chi connectivity index (χ0) is 22.2. The quantitative estimate of drug-likeness (QED) is 0.441. The minimum atomic E-state index is -0.356. The predicted octanol–water partition coefficient (Wildman–Crippen LogP) is 3.11. The average molecular weight is 431 g/mol. The van der Waals surface area contributed by atoms with Crippen LogP contribution in [-0.2, 0) is 16.0 Å². The molecule has 0 bridgehead atoms. The lowest BCUT2D eigenvalue weighted by atomic mass is 10.1. The number of aromatic nitrogens is 3. The molecule has 2 N–H and O–H groups in total. The van der Waals surface area contributed by atoms with E-state index in [1.807, 2.05) is 44.2 Å². The lowest BCUT2D eigenvalue weighted by Crippen LogP contribution is -2.19. The fourth-order valence-corrected chi connectivity index (χ4v) is 3.74. The molecule has 164 valence electrons. The molecule has 2 fully saturated rings. The van der Waals surface area contributed by atoms with Crippen molar-refractivity contribution >= 4 is 29.4 Å². The van der Waals surface area contributed by atoms with Gasteiger partial charge in [-0.3, -0.25) is 14.9 Å². The smallest absolute Gasteiger partial charge is 0.254 e. The Labute approximate surface area is 185 Å². The zero-order valence-electron chi connectivity index (χ0n) is 18.1. The molecule has 1 aromatic carbocycles. The fourth-order valence-electron chi connectivity index (χ4n) is 3.74. The summed E-state index contributed by atoms with van der Waals surface area (Å²) in [5, 5.41) is 10.3. The van der Waals surface area contributed by atoms with Crippen LogP contribution in [0.1, 0.15) is 49.9 Å². The van der Waals surface area contributed by atoms with Gasteiger partial charge in [0.15, 0.2) is 5.65 Å². The van der Waals surface area contributed by atoms with E-state index in [0.717, 1.165) is 35.7 Å². The van der Waals surface area contributed by atoms with Gasteiger partial charge in [-0.05, 0) is 50.5 Å². The number of rotatable bonds is 7. The first-order valence-electron chi connectivity index (χ1n) is 10.9. The van der Waals surface area contributed by atoms with Crippen LogP contribution in [0.4, 0.5) is 5.82 Å². The van der Waals surface area contributed by atoms with Crippen LogP contribution >= 0.6 is 0 Å². The largest absolute Gasteiger partial charge is 0.491 e. The number of amides is 2. The van der Waals surface area contributed by atoms with Gasteiger partial charge in [-0.25, -0.2) is 4.98 Å². The molecular weight excluding hydrogens is 406 g/mol. The molecule has 32 heavy (non-hydrogen) atoms. The van der Waals surface area contributed by atoms with Crippen molar-refractivity contribution in [2.24, 2.45) is 0 Å². The molecular formula is C24H25N5O3. The van der Waals surface area contributed by atoms with Crippen molar-refractivity contribution < 1.29 is 14.3 Å². The standard InChI is InChI=1S/C24H25N5O3/c1-14(2)32-20-7-3-15(4-8-20)9-19-12-21(26-18-5-6-18)29-23(27-19)17(13-25-29)10-16-11-22(30)28-24(16)31/h3-4,7-8,10,12-14,18,26H,5-6,9,11H2,1-2H3,(H,28,30,31)/b16-10+. The number of nitrogens with zero attached hydrogens (tertiary/aromatic N) is 3. The van der Waals surface area contributed by atoms with E-state index in [1.165, 1.54) is 0 Å². The van der Waals surface area contributed by atoms with Crippen LogP contribution in [0.5, 0.6) is 5.75 Å². The van der Waals surface area contributed by atoms with Gasteiger partial charge in [0.25, 0.3) is 5.91 Å². The number of hydrogen-bond acceptors (Lipinski definition) is 6. The number of carbonyl (C=O) groups is 2. The highest BCUT2D eigenvalue weighted by atomic mass is 16.5. The van der Waals surface area contributed by atoms with Gasteiger partial charge >= 0.3 is 0 Å². The van der Waals surface area contributed by atoms with Crippen LogP contribution in [0, 0.1) is 0 Å². The first kappa shape index (κ1) is 20.2. The maximum absolute atomic E-state index is 12.0. The molecule has 2 aliphatic rings. The number of nitrogens with one attached hydrogen (secondary N) is 2. The van der Waals surface area contributed by atoms with E-state index in [9.17, 15) is 9.59 Å². The minimum Gasteiger partial charge on any atom is -0.491 e. The molecule has 3 heterocycles. The molecule has 8 heteroatoms. The molecule has 1 saturated heterocycles. The van der Waals surface area contributed by atoms with Crippen molar-refractivity contribution in [2.75, 3.05) is 5.32 Å². The Balaban J connectivity index is 1.49. The maximum Gasteiger partial charge on any atom is 0.254 e. The Bertz CT molecular complexity index is 1220. The first-order chi connectivity index (χ1) is 15.4. The number of hydrogen-bond donors (Lipinski definition) is 2. The van der Waals surface area contributed by atoms with Crippen LogP contribution in [0.2, 0.25) is 0 Å². The number of imide groups is 1. The summed E-state index contributed by atoms with van der Waals surface area (Å²) in [6.07, 6.45) is 6.52. The minimum absolute atomic E-state index is 0.0772. The summed E-state index contributed by atoms with van der Waals surface area (Å²) in [7, 11) is 0. The molecule has 5 rings (SSSR count). The lowest BCUT2D eigenvalue weighted by Gasteiger charge is -2.12. The van der Waals surface area contributed by atoms with Crippen LogP contribution in [0.3, 0.4) is 0 Å². The molecule has 3 aromatic rings. The highest BCUT2D eigenvalue weighted by molar-refractivity contribution is 6.15. The van der Waals surface area contributed by atoms with Gasteiger partial charge in [-0.1, -0.05) is 12.1 Å². The van der Waals surface area contributed by atoms with Crippen LogP contribution in [-0.4, -0.2) is 38.6 Å². The van der Waals surface area contributed by atoms with Gasteiger partial charge in [0.2, 0.25) is 5.91 Å². The van der Waals surface area contributed by atoms with Crippen molar-refractivity contribution in [1.29, 1.82) is 0 Å². The summed E-state index contributed by atoms with van der Waals surface area (Å²) in [6, 6.07) is 10.5. The summed E-state index contributed by atoms with van der Waals surface area (Å²) in [4.78, 5) is 28.4. The Morgan fingerprint density at radius 3 is 2.69 bits per heavy atom. The van der Waals surface area contributed by atoms with Crippen molar-refractivity contribution in [2.45, 2.75) is 51.7 Å². The maximum atomic E-state index is 12.0. The number of fused-ring (bicyclic) bond motifs is 1. The van der Waals surface area contributed by atoms with E-state index in [1.54, 1.807) is 16.8 Å². The lowest BCUT2D eigenvalue weighted by molar-refractivity contribution is -0.124. The van der Waals surface area contributed by atoms with E-state index in [2.05, 4.69) is 15.7 Å². The Hall–Kier alpha value is -3.68. The molecule has 2 aromatic heterocycles. The molecule has 1 aliphatic heterocycles. The zero-order valence-corrected chi connectivity index (χ0v) is 18.1. The number of benzene rings is 1. The average Bonchev–Trinajstić information content (AvgIpc) is 3.38. The summed E-state index contributed by atoms with van der Waals surface area (Å²) in [6.45, 7) is 4.01. The van der Waals surface area contributed by atoms with Crippen LogP contribution in [0.25, 0.3) is 11.7 Å². The van der Waals surface area contributed by atoms with Crippen molar-refractivity contribution in [1.82, 2.24) is 19.9 Å². The Morgan fingerprint density at radius 2 is 2.03 bits per heavy atom. The van der Waals surface area contributed by atoms with Crippen molar-refractivity contribution in [3.05, 3.63) is 58.9 Å². The van der Waals surface area contributed by atoms with E-state index in [-0.39, 0.29) is 24.3 Å². The summed E-state index contributed by atoms with van der Waals surface area (Å²) < 4.78 is 7.50.